The van der Waals surface area contributed by atoms with Crippen molar-refractivity contribution < 1.29 is 9.90 Å². The SMILES string of the molecule is C=Cc1cc(C(=O)O)cn1C=C. The molecule has 0 saturated carbocycles. The van der Waals surface area contributed by atoms with E-state index in [4.69, 9.17) is 5.11 Å². The van der Waals surface area contributed by atoms with Gasteiger partial charge >= 0.3 is 5.97 Å². The molecule has 0 fully saturated rings. The number of aromatic nitrogens is 1. The Morgan fingerprint density at radius 2 is 2.25 bits per heavy atom. The molecule has 0 saturated heterocycles. The molecule has 0 aliphatic rings. The van der Waals surface area contributed by atoms with Crippen LogP contribution >= 0.6 is 0 Å². The van der Waals surface area contributed by atoms with E-state index in [0.717, 1.165) is 5.69 Å². The lowest BCUT2D eigenvalue weighted by atomic mass is 10.3. The Morgan fingerprint density at radius 1 is 1.58 bits per heavy atom. The van der Waals surface area contributed by atoms with Crippen LogP contribution in [-0.2, 0) is 0 Å². The van der Waals surface area contributed by atoms with Crippen LogP contribution in [0.5, 0.6) is 0 Å². The van der Waals surface area contributed by atoms with Gasteiger partial charge in [-0.1, -0.05) is 13.2 Å². The van der Waals surface area contributed by atoms with Crippen LogP contribution in [-0.4, -0.2) is 15.6 Å². The van der Waals surface area contributed by atoms with Crippen LogP contribution in [0, 0.1) is 0 Å². The summed E-state index contributed by atoms with van der Waals surface area (Å²) in [5.74, 6) is -0.946. The van der Waals surface area contributed by atoms with Gasteiger partial charge in [-0.05, 0) is 12.1 Å². The van der Waals surface area contributed by atoms with Gasteiger partial charge in [0.1, 0.15) is 0 Å². The molecule has 1 aromatic heterocycles. The normalized spacial score (nSPS) is 9.33. The molecule has 1 aromatic rings. The van der Waals surface area contributed by atoms with E-state index < -0.39 is 5.97 Å². The Labute approximate surface area is 70.3 Å². The Kier molecular flexibility index (Phi) is 2.14. The maximum atomic E-state index is 10.5. The van der Waals surface area contributed by atoms with Crippen molar-refractivity contribution in [2.75, 3.05) is 0 Å². The third kappa shape index (κ3) is 1.29. The van der Waals surface area contributed by atoms with Crippen molar-refractivity contribution in [2.45, 2.75) is 0 Å². The second-order valence-corrected chi connectivity index (χ2v) is 2.25. The van der Waals surface area contributed by atoms with Gasteiger partial charge < -0.3 is 9.67 Å². The Morgan fingerprint density at radius 3 is 2.58 bits per heavy atom. The van der Waals surface area contributed by atoms with Gasteiger partial charge in [-0.3, -0.25) is 0 Å². The first-order chi connectivity index (χ1) is 5.69. The predicted octanol–water partition coefficient (Wildman–Crippen LogP) is 1.93. The molecular weight excluding hydrogens is 154 g/mol. The average Bonchev–Trinajstić information content (AvgIpc) is 2.46. The van der Waals surface area contributed by atoms with Crippen LogP contribution in [0.3, 0.4) is 0 Å². The van der Waals surface area contributed by atoms with Crippen molar-refractivity contribution in [1.29, 1.82) is 0 Å². The monoisotopic (exact) mass is 163 g/mol. The number of rotatable bonds is 3. The summed E-state index contributed by atoms with van der Waals surface area (Å²) in [6.45, 7) is 7.09. The average molecular weight is 163 g/mol. The molecule has 0 aliphatic heterocycles. The van der Waals surface area contributed by atoms with Gasteiger partial charge in [0.25, 0.3) is 0 Å². The maximum Gasteiger partial charge on any atom is 0.337 e. The summed E-state index contributed by atoms with van der Waals surface area (Å²) in [7, 11) is 0. The largest absolute Gasteiger partial charge is 0.478 e. The van der Waals surface area contributed by atoms with E-state index in [1.165, 1.54) is 18.5 Å². The maximum absolute atomic E-state index is 10.5. The lowest BCUT2D eigenvalue weighted by Gasteiger charge is -1.93. The second-order valence-electron chi connectivity index (χ2n) is 2.25. The van der Waals surface area contributed by atoms with Crippen LogP contribution in [0.4, 0.5) is 0 Å². The highest BCUT2D eigenvalue weighted by atomic mass is 16.4. The number of aromatic carboxylic acids is 1. The lowest BCUT2D eigenvalue weighted by Crippen LogP contribution is -1.92. The minimum atomic E-state index is -0.946. The molecular formula is C9H9NO2. The van der Waals surface area contributed by atoms with Gasteiger partial charge in [0.15, 0.2) is 0 Å². The zero-order valence-electron chi connectivity index (χ0n) is 6.53. The van der Waals surface area contributed by atoms with Crippen molar-refractivity contribution in [3.8, 4) is 0 Å². The highest BCUT2D eigenvalue weighted by Crippen LogP contribution is 2.09. The molecule has 0 spiro atoms. The second kappa shape index (κ2) is 3.09. The standard InChI is InChI=1S/C9H9NO2/c1-3-8-5-7(9(11)12)6-10(8)4-2/h3-6H,1-2H2,(H,11,12). The minimum Gasteiger partial charge on any atom is -0.478 e. The van der Waals surface area contributed by atoms with Crippen molar-refractivity contribution in [3.05, 3.63) is 36.7 Å². The highest BCUT2D eigenvalue weighted by molar-refractivity contribution is 5.88. The van der Waals surface area contributed by atoms with E-state index in [1.54, 1.807) is 10.6 Å². The molecule has 1 N–H and O–H groups in total. The van der Waals surface area contributed by atoms with E-state index in [1.807, 2.05) is 0 Å². The minimum absolute atomic E-state index is 0.241. The van der Waals surface area contributed by atoms with Gasteiger partial charge in [0, 0.05) is 18.1 Å². The molecule has 0 atom stereocenters. The number of carboxylic acids is 1. The summed E-state index contributed by atoms with van der Waals surface area (Å²) in [6.07, 6.45) is 4.60. The fourth-order valence-corrected chi connectivity index (χ4v) is 0.935. The van der Waals surface area contributed by atoms with Crippen LogP contribution in [0.25, 0.3) is 12.3 Å². The number of carboxylic acid groups (broad SMARTS) is 1. The van der Waals surface area contributed by atoms with Crippen LogP contribution in [0.1, 0.15) is 16.1 Å². The van der Waals surface area contributed by atoms with Gasteiger partial charge in [-0.15, -0.1) is 0 Å². The Bertz CT molecular complexity index is 311. The van der Waals surface area contributed by atoms with Gasteiger partial charge in [0.05, 0.1) is 5.56 Å². The predicted molar refractivity (Wildman–Crippen MR) is 47.9 cm³/mol. The zero-order chi connectivity index (χ0) is 9.14. The zero-order valence-corrected chi connectivity index (χ0v) is 6.53. The summed E-state index contributed by atoms with van der Waals surface area (Å²) in [5, 5.41) is 8.63. The van der Waals surface area contributed by atoms with Crippen LogP contribution in [0.2, 0.25) is 0 Å². The van der Waals surface area contributed by atoms with E-state index in [-0.39, 0.29) is 5.56 Å². The van der Waals surface area contributed by atoms with E-state index >= 15 is 0 Å². The van der Waals surface area contributed by atoms with E-state index in [2.05, 4.69) is 13.2 Å². The smallest absolute Gasteiger partial charge is 0.337 e. The number of nitrogens with zero attached hydrogens (tertiary/aromatic N) is 1. The molecule has 62 valence electrons. The molecule has 3 heteroatoms. The summed E-state index contributed by atoms with van der Waals surface area (Å²) < 4.78 is 1.61. The molecule has 0 amide bonds. The van der Waals surface area contributed by atoms with E-state index in [9.17, 15) is 4.79 Å². The van der Waals surface area contributed by atoms with Gasteiger partial charge in [-0.2, -0.15) is 0 Å². The Hall–Kier alpha value is -1.77. The molecule has 0 unspecified atom stereocenters. The molecule has 12 heavy (non-hydrogen) atoms. The first-order valence-corrected chi connectivity index (χ1v) is 3.39. The third-order valence-electron chi connectivity index (χ3n) is 1.53. The summed E-state index contributed by atoms with van der Waals surface area (Å²) in [5.41, 5.74) is 0.965. The molecule has 0 radical (unpaired) electrons. The molecule has 0 aromatic carbocycles. The highest BCUT2D eigenvalue weighted by Gasteiger charge is 2.06. The van der Waals surface area contributed by atoms with Crippen molar-refractivity contribution in [2.24, 2.45) is 0 Å². The Balaban J connectivity index is 3.22. The quantitative estimate of drug-likeness (QED) is 0.739. The third-order valence-corrected chi connectivity index (χ3v) is 1.53. The number of hydrogen-bond donors (Lipinski definition) is 1. The van der Waals surface area contributed by atoms with Crippen molar-refractivity contribution >= 4 is 18.2 Å². The molecule has 1 heterocycles. The molecule has 0 bridgehead atoms. The lowest BCUT2D eigenvalue weighted by molar-refractivity contribution is 0.0697. The molecule has 1 rings (SSSR count). The molecule has 0 aliphatic carbocycles. The molecule has 3 nitrogen and oxygen atoms in total. The fourth-order valence-electron chi connectivity index (χ4n) is 0.935. The first-order valence-electron chi connectivity index (χ1n) is 3.39. The van der Waals surface area contributed by atoms with Gasteiger partial charge in [-0.25, -0.2) is 4.79 Å². The van der Waals surface area contributed by atoms with E-state index in [0.29, 0.717) is 0 Å². The summed E-state index contributed by atoms with van der Waals surface area (Å²) >= 11 is 0. The fraction of sp³-hybridized carbons (Fsp3) is 0. The summed E-state index contributed by atoms with van der Waals surface area (Å²) in [4.78, 5) is 10.5. The first kappa shape index (κ1) is 8.33. The van der Waals surface area contributed by atoms with Crippen LogP contribution in [0.15, 0.2) is 25.4 Å². The van der Waals surface area contributed by atoms with Crippen LogP contribution < -0.4 is 0 Å². The number of hydrogen-bond acceptors (Lipinski definition) is 1. The number of carbonyl (C=O) groups is 1. The van der Waals surface area contributed by atoms with Crippen molar-refractivity contribution in [3.63, 3.8) is 0 Å². The van der Waals surface area contributed by atoms with Gasteiger partial charge in [0.2, 0.25) is 0 Å². The summed E-state index contributed by atoms with van der Waals surface area (Å²) in [6, 6.07) is 1.54. The topological polar surface area (TPSA) is 42.2 Å². The van der Waals surface area contributed by atoms with Crippen molar-refractivity contribution in [1.82, 2.24) is 4.57 Å².